The highest BCUT2D eigenvalue weighted by atomic mass is 79.9. The van der Waals surface area contributed by atoms with Crippen LogP contribution in [-0.4, -0.2) is 20.7 Å². The Hall–Kier alpha value is -3.25. The van der Waals surface area contributed by atoms with E-state index in [-0.39, 0.29) is 11.9 Å². The third-order valence-electron chi connectivity index (χ3n) is 4.73. The average Bonchev–Trinajstić information content (AvgIpc) is 3.15. The van der Waals surface area contributed by atoms with E-state index in [1.54, 1.807) is 17.1 Å². The smallest absolute Gasteiger partial charge is 0.255 e. The van der Waals surface area contributed by atoms with Gasteiger partial charge in [-0.1, -0.05) is 64.5 Å². The van der Waals surface area contributed by atoms with Crippen LogP contribution < -0.4 is 5.32 Å². The minimum Gasteiger partial charge on any atom is -0.341 e. The van der Waals surface area contributed by atoms with Gasteiger partial charge < -0.3 is 5.32 Å². The second-order valence-corrected chi connectivity index (χ2v) is 7.53. The van der Waals surface area contributed by atoms with E-state index in [0.29, 0.717) is 11.4 Å². The van der Waals surface area contributed by atoms with E-state index < -0.39 is 0 Å². The zero-order valence-electron chi connectivity index (χ0n) is 15.8. The van der Waals surface area contributed by atoms with Gasteiger partial charge >= 0.3 is 0 Å². The highest BCUT2D eigenvalue weighted by molar-refractivity contribution is 9.10. The first-order valence-electron chi connectivity index (χ1n) is 9.21. The SMILES string of the molecule is Cc1c(C(=O)NC(c2ccccc2)c2ccc(Br)cc2)cnn1-c1ccccn1. The van der Waals surface area contributed by atoms with Gasteiger partial charge in [-0.2, -0.15) is 5.10 Å². The number of hydrogen-bond acceptors (Lipinski definition) is 3. The molecule has 0 aliphatic heterocycles. The Kier molecular flexibility index (Phi) is 5.53. The van der Waals surface area contributed by atoms with Crippen molar-refractivity contribution < 1.29 is 4.79 Å². The summed E-state index contributed by atoms with van der Waals surface area (Å²) in [6.07, 6.45) is 3.29. The van der Waals surface area contributed by atoms with E-state index >= 15 is 0 Å². The molecule has 0 saturated carbocycles. The maximum atomic E-state index is 13.1. The molecule has 0 spiro atoms. The molecule has 4 aromatic rings. The van der Waals surface area contributed by atoms with Gasteiger partial charge in [0.05, 0.1) is 23.5 Å². The molecule has 1 N–H and O–H groups in total. The Morgan fingerprint density at radius 2 is 1.66 bits per heavy atom. The zero-order chi connectivity index (χ0) is 20.2. The monoisotopic (exact) mass is 446 g/mol. The minimum atomic E-state index is -0.269. The molecule has 0 aliphatic carbocycles. The first-order chi connectivity index (χ1) is 14.1. The van der Waals surface area contributed by atoms with E-state index in [1.165, 1.54) is 0 Å². The minimum absolute atomic E-state index is 0.179. The Morgan fingerprint density at radius 3 is 2.34 bits per heavy atom. The lowest BCUT2D eigenvalue weighted by Gasteiger charge is -2.20. The second-order valence-electron chi connectivity index (χ2n) is 6.61. The van der Waals surface area contributed by atoms with Crippen molar-refractivity contribution in [1.29, 1.82) is 0 Å². The first-order valence-corrected chi connectivity index (χ1v) is 10.00. The van der Waals surface area contributed by atoms with Crippen LogP contribution in [0.2, 0.25) is 0 Å². The summed E-state index contributed by atoms with van der Waals surface area (Å²) in [5.41, 5.74) is 3.28. The van der Waals surface area contributed by atoms with Crippen LogP contribution in [0.5, 0.6) is 0 Å². The van der Waals surface area contributed by atoms with Crippen molar-refractivity contribution in [3.05, 3.63) is 112 Å². The number of rotatable bonds is 5. The number of pyridine rings is 1. The third kappa shape index (κ3) is 4.12. The number of carbonyl (C=O) groups excluding carboxylic acids is 1. The summed E-state index contributed by atoms with van der Waals surface area (Å²) in [5, 5.41) is 7.52. The highest BCUT2D eigenvalue weighted by Crippen LogP contribution is 2.24. The zero-order valence-corrected chi connectivity index (χ0v) is 17.4. The van der Waals surface area contributed by atoms with Crippen molar-refractivity contribution in [1.82, 2.24) is 20.1 Å². The molecule has 1 unspecified atom stereocenters. The molecule has 4 rings (SSSR count). The summed E-state index contributed by atoms with van der Waals surface area (Å²) < 4.78 is 2.67. The van der Waals surface area contributed by atoms with Gasteiger partial charge in [0, 0.05) is 10.7 Å². The molecule has 29 heavy (non-hydrogen) atoms. The van der Waals surface area contributed by atoms with Crippen molar-refractivity contribution in [2.24, 2.45) is 0 Å². The highest BCUT2D eigenvalue weighted by Gasteiger charge is 2.21. The van der Waals surface area contributed by atoms with Crippen LogP contribution >= 0.6 is 15.9 Å². The van der Waals surface area contributed by atoms with Gasteiger partial charge in [-0.15, -0.1) is 0 Å². The molecule has 1 atom stereocenters. The third-order valence-corrected chi connectivity index (χ3v) is 5.26. The number of benzene rings is 2. The Balaban J connectivity index is 1.65. The van der Waals surface area contributed by atoms with Crippen molar-refractivity contribution >= 4 is 21.8 Å². The van der Waals surface area contributed by atoms with Crippen LogP contribution in [0.1, 0.15) is 33.2 Å². The number of halogens is 1. The predicted octanol–water partition coefficient (Wildman–Crippen LogP) is 4.86. The number of hydrogen-bond donors (Lipinski definition) is 1. The van der Waals surface area contributed by atoms with E-state index in [2.05, 4.69) is 31.3 Å². The van der Waals surface area contributed by atoms with Crippen molar-refractivity contribution in [3.8, 4) is 5.82 Å². The lowest BCUT2D eigenvalue weighted by atomic mass is 9.98. The maximum Gasteiger partial charge on any atom is 0.255 e. The van der Waals surface area contributed by atoms with Gasteiger partial charge in [0.2, 0.25) is 0 Å². The summed E-state index contributed by atoms with van der Waals surface area (Å²) >= 11 is 3.47. The molecule has 0 saturated heterocycles. The quantitative estimate of drug-likeness (QED) is 0.476. The van der Waals surface area contributed by atoms with Gasteiger partial charge in [-0.05, 0) is 42.3 Å². The van der Waals surface area contributed by atoms with Gasteiger partial charge in [-0.25, -0.2) is 9.67 Å². The molecule has 1 amide bonds. The summed E-state index contributed by atoms with van der Waals surface area (Å²) in [5.74, 6) is 0.498. The number of amides is 1. The fourth-order valence-electron chi connectivity index (χ4n) is 3.21. The van der Waals surface area contributed by atoms with Crippen LogP contribution in [0.3, 0.4) is 0 Å². The van der Waals surface area contributed by atoms with E-state index in [0.717, 1.165) is 21.3 Å². The largest absolute Gasteiger partial charge is 0.341 e. The second kappa shape index (κ2) is 8.41. The van der Waals surface area contributed by atoms with Crippen LogP contribution in [0.25, 0.3) is 5.82 Å². The molecule has 2 aromatic carbocycles. The maximum absolute atomic E-state index is 13.1. The van der Waals surface area contributed by atoms with Gasteiger partial charge in [0.15, 0.2) is 5.82 Å². The first kappa shape index (κ1) is 19.1. The summed E-state index contributed by atoms with van der Waals surface area (Å²) in [6, 6.07) is 23.2. The normalized spacial score (nSPS) is 11.8. The number of carbonyl (C=O) groups is 1. The number of aromatic nitrogens is 3. The Labute approximate surface area is 177 Å². The molecular formula is C23H19BrN4O. The average molecular weight is 447 g/mol. The van der Waals surface area contributed by atoms with Crippen LogP contribution in [-0.2, 0) is 0 Å². The Bertz CT molecular complexity index is 1110. The molecular weight excluding hydrogens is 428 g/mol. The molecule has 144 valence electrons. The van der Waals surface area contributed by atoms with Gasteiger partial charge in [-0.3, -0.25) is 4.79 Å². The van der Waals surface area contributed by atoms with Crippen molar-refractivity contribution in [2.45, 2.75) is 13.0 Å². The molecule has 6 heteroatoms. The fraction of sp³-hybridized carbons (Fsp3) is 0.0870. The fourth-order valence-corrected chi connectivity index (χ4v) is 3.48. The number of nitrogens with zero attached hydrogens (tertiary/aromatic N) is 3. The molecule has 0 radical (unpaired) electrons. The lowest BCUT2D eigenvalue weighted by molar-refractivity contribution is 0.0942. The van der Waals surface area contributed by atoms with Crippen molar-refractivity contribution in [3.63, 3.8) is 0 Å². The predicted molar refractivity (Wildman–Crippen MR) is 116 cm³/mol. The van der Waals surface area contributed by atoms with Crippen LogP contribution in [0.4, 0.5) is 0 Å². The molecule has 0 aliphatic rings. The number of nitrogens with one attached hydrogen (secondary N) is 1. The topological polar surface area (TPSA) is 59.8 Å². The van der Waals surface area contributed by atoms with Crippen LogP contribution in [0, 0.1) is 6.92 Å². The van der Waals surface area contributed by atoms with Gasteiger partial charge in [0.25, 0.3) is 5.91 Å². The molecule has 0 bridgehead atoms. The summed E-state index contributed by atoms with van der Waals surface area (Å²) in [6.45, 7) is 1.87. The molecule has 2 heterocycles. The van der Waals surface area contributed by atoms with E-state index in [9.17, 15) is 4.79 Å². The van der Waals surface area contributed by atoms with Gasteiger partial charge in [0.1, 0.15) is 0 Å². The molecule has 2 aromatic heterocycles. The van der Waals surface area contributed by atoms with Crippen LogP contribution in [0.15, 0.2) is 89.7 Å². The molecule has 0 fully saturated rings. The Morgan fingerprint density at radius 1 is 0.966 bits per heavy atom. The van der Waals surface area contributed by atoms with E-state index in [4.69, 9.17) is 0 Å². The summed E-state index contributed by atoms with van der Waals surface area (Å²) in [4.78, 5) is 17.5. The summed E-state index contributed by atoms with van der Waals surface area (Å²) in [7, 11) is 0. The standard InChI is InChI=1S/C23H19BrN4O/c1-16-20(15-26-28(16)21-9-5-6-14-25-21)23(29)27-22(17-7-3-2-4-8-17)18-10-12-19(24)13-11-18/h2-15,22H,1H3,(H,27,29). The van der Waals surface area contributed by atoms with Crippen molar-refractivity contribution in [2.75, 3.05) is 0 Å². The lowest BCUT2D eigenvalue weighted by Crippen LogP contribution is -2.29. The molecule has 5 nitrogen and oxygen atoms in total. The van der Waals surface area contributed by atoms with E-state index in [1.807, 2.05) is 79.7 Å².